The molecule has 3 aromatic carbocycles. The Morgan fingerprint density at radius 3 is 2.16 bits per heavy atom. The van der Waals surface area contributed by atoms with Crippen LogP contribution < -0.4 is 15.4 Å². The smallest absolute Gasteiger partial charge is 0.266 e. The Labute approximate surface area is 207 Å². The van der Waals surface area contributed by atoms with Crippen LogP contribution in [0.4, 0.5) is 11.4 Å². The van der Waals surface area contributed by atoms with Gasteiger partial charge in [0.25, 0.3) is 11.8 Å². The van der Waals surface area contributed by atoms with Crippen molar-refractivity contribution in [1.82, 2.24) is 0 Å². The maximum atomic E-state index is 12.4. The maximum absolute atomic E-state index is 12.4. The summed E-state index contributed by atoms with van der Waals surface area (Å²) >= 11 is 5.51. The molecule has 0 radical (unpaired) electrons. The second-order valence-corrected chi connectivity index (χ2v) is 8.70. The van der Waals surface area contributed by atoms with Crippen LogP contribution in [0, 0.1) is 14.9 Å². The molecule has 2 N–H and O–H groups in total. The molecule has 160 valence electrons. The highest BCUT2D eigenvalue weighted by atomic mass is 127. The van der Waals surface area contributed by atoms with Crippen molar-refractivity contribution in [2.24, 2.45) is 0 Å². The number of amides is 2. The van der Waals surface area contributed by atoms with Gasteiger partial charge in [0.2, 0.25) is 0 Å². The summed E-state index contributed by atoms with van der Waals surface area (Å²) in [5.41, 5.74) is 1.92. The van der Waals surface area contributed by atoms with Gasteiger partial charge in [-0.25, -0.2) is 0 Å². The second-order valence-electron chi connectivity index (χ2n) is 6.54. The molecule has 3 aromatic rings. The van der Waals surface area contributed by atoms with Crippen LogP contribution in [0.15, 0.2) is 82.8 Å². The van der Waals surface area contributed by atoms with Crippen LogP contribution in [-0.2, 0) is 9.59 Å². The zero-order valence-corrected chi connectivity index (χ0v) is 20.4. The number of hydrogen-bond acceptors (Lipinski definition) is 4. The van der Waals surface area contributed by atoms with E-state index in [1.54, 1.807) is 48.5 Å². The average molecular weight is 602 g/mol. The molecule has 0 atom stereocenters. The topological polar surface area (TPSA) is 91.2 Å². The third kappa shape index (κ3) is 7.21. The zero-order valence-electron chi connectivity index (χ0n) is 16.6. The lowest BCUT2D eigenvalue weighted by Crippen LogP contribution is -2.20. The quantitative estimate of drug-likeness (QED) is 0.209. The first-order valence-electron chi connectivity index (χ1n) is 9.40. The lowest BCUT2D eigenvalue weighted by atomic mass is 10.1. The molecule has 6 nitrogen and oxygen atoms in total. The van der Waals surface area contributed by atoms with Crippen molar-refractivity contribution in [3.63, 3.8) is 0 Å². The Balaban J connectivity index is 1.56. The summed E-state index contributed by atoms with van der Waals surface area (Å²) < 4.78 is 7.47. The first-order chi connectivity index (χ1) is 15.4. The van der Waals surface area contributed by atoms with Gasteiger partial charge >= 0.3 is 0 Å². The lowest BCUT2D eigenvalue weighted by molar-refractivity contribution is -0.118. The first kappa shape index (κ1) is 23.5. The molecule has 0 aliphatic heterocycles. The summed E-state index contributed by atoms with van der Waals surface area (Å²) in [6.07, 6.45) is 1.49. The Hall–Kier alpha value is -3.16. The van der Waals surface area contributed by atoms with Crippen molar-refractivity contribution in [3.05, 3.63) is 92.0 Å². The molecule has 32 heavy (non-hydrogen) atoms. The third-order valence-corrected chi connectivity index (χ3v) is 5.40. The lowest BCUT2D eigenvalue weighted by Gasteiger charge is -2.08. The van der Waals surface area contributed by atoms with Gasteiger partial charge in [0.05, 0.1) is 0 Å². The van der Waals surface area contributed by atoms with E-state index in [9.17, 15) is 14.9 Å². The van der Waals surface area contributed by atoms with Gasteiger partial charge in [0.1, 0.15) is 17.4 Å². The minimum Gasteiger partial charge on any atom is -0.484 e. The van der Waals surface area contributed by atoms with E-state index in [0.717, 1.165) is 8.04 Å². The molecule has 0 bridgehead atoms. The highest BCUT2D eigenvalue weighted by Gasteiger charge is 2.10. The van der Waals surface area contributed by atoms with Crippen LogP contribution >= 0.6 is 38.5 Å². The summed E-state index contributed by atoms with van der Waals surface area (Å²) in [5.74, 6) is -0.274. The fraction of sp³-hybridized carbons (Fsp3) is 0.0417. The largest absolute Gasteiger partial charge is 0.484 e. The van der Waals surface area contributed by atoms with Crippen molar-refractivity contribution in [1.29, 1.82) is 5.26 Å². The molecule has 0 aliphatic rings. The molecule has 0 aromatic heterocycles. The minimum atomic E-state index is -0.487. The van der Waals surface area contributed by atoms with E-state index in [1.165, 1.54) is 6.08 Å². The fourth-order valence-corrected chi connectivity index (χ4v) is 3.21. The van der Waals surface area contributed by atoms with E-state index in [4.69, 9.17) is 4.74 Å². The van der Waals surface area contributed by atoms with Crippen LogP contribution in [-0.4, -0.2) is 18.4 Å². The number of nitriles is 1. The Kier molecular flexibility index (Phi) is 8.41. The van der Waals surface area contributed by atoms with Crippen LogP contribution in [0.25, 0.3) is 6.08 Å². The number of nitrogens with one attached hydrogen (secondary N) is 2. The Morgan fingerprint density at radius 1 is 0.938 bits per heavy atom. The number of carbonyl (C=O) groups excluding carboxylic acids is 2. The van der Waals surface area contributed by atoms with E-state index in [2.05, 4.69) is 49.2 Å². The second kappa shape index (κ2) is 11.5. The summed E-state index contributed by atoms with van der Waals surface area (Å²) in [4.78, 5) is 24.4. The molecule has 0 aliphatic carbocycles. The molecule has 8 heteroatoms. The van der Waals surface area contributed by atoms with Crippen LogP contribution in [0.2, 0.25) is 0 Å². The van der Waals surface area contributed by atoms with Crippen LogP contribution in [0.5, 0.6) is 5.75 Å². The molecule has 0 spiro atoms. The molecule has 0 saturated carbocycles. The van der Waals surface area contributed by atoms with Crippen molar-refractivity contribution in [3.8, 4) is 11.8 Å². The summed E-state index contributed by atoms with van der Waals surface area (Å²) in [6, 6.07) is 23.2. The number of benzene rings is 3. The highest BCUT2D eigenvalue weighted by molar-refractivity contribution is 14.1. The highest BCUT2D eigenvalue weighted by Crippen LogP contribution is 2.17. The van der Waals surface area contributed by atoms with Crippen molar-refractivity contribution < 1.29 is 14.3 Å². The molecule has 3 rings (SSSR count). The van der Waals surface area contributed by atoms with E-state index < -0.39 is 5.91 Å². The normalized spacial score (nSPS) is 10.7. The number of hydrogen-bond donors (Lipinski definition) is 2. The molecule has 0 unspecified atom stereocenters. The predicted octanol–water partition coefficient (Wildman–Crippen LogP) is 5.62. The SMILES string of the molecule is N#C/C(=C/c1ccc(OCC(=O)Nc2ccc(Br)cc2)cc1)C(=O)Nc1ccc(I)cc1. The molecule has 2 amide bonds. The van der Waals surface area contributed by atoms with Gasteiger partial charge in [-0.15, -0.1) is 0 Å². The Morgan fingerprint density at radius 2 is 1.53 bits per heavy atom. The number of carbonyl (C=O) groups is 2. The monoisotopic (exact) mass is 601 g/mol. The van der Waals surface area contributed by atoms with Gasteiger partial charge in [0, 0.05) is 19.4 Å². The number of nitrogens with zero attached hydrogens (tertiary/aromatic N) is 1. The predicted molar refractivity (Wildman–Crippen MR) is 136 cm³/mol. The van der Waals surface area contributed by atoms with Gasteiger partial charge in [-0.1, -0.05) is 28.1 Å². The standard InChI is InChI=1S/C24H17BrIN3O3/c25-18-3-7-20(8-4-18)28-23(30)15-32-22-11-1-16(2-12-22)13-17(14-27)24(31)29-21-9-5-19(26)6-10-21/h1-13H,15H2,(H,28,30)(H,29,31)/b17-13-. The minimum absolute atomic E-state index is 0.0221. The van der Waals surface area contributed by atoms with Gasteiger partial charge < -0.3 is 15.4 Å². The molecule has 0 saturated heterocycles. The fourth-order valence-electron chi connectivity index (χ4n) is 2.59. The van der Waals surface area contributed by atoms with Gasteiger partial charge in [-0.3, -0.25) is 9.59 Å². The van der Waals surface area contributed by atoms with Crippen molar-refractivity contribution in [2.45, 2.75) is 0 Å². The van der Waals surface area contributed by atoms with Crippen molar-refractivity contribution in [2.75, 3.05) is 17.2 Å². The molecule has 0 fully saturated rings. The van der Waals surface area contributed by atoms with Gasteiger partial charge in [-0.2, -0.15) is 5.26 Å². The van der Waals surface area contributed by atoms with Crippen molar-refractivity contribution >= 4 is 67.8 Å². The molecule has 0 heterocycles. The molecular weight excluding hydrogens is 585 g/mol. The van der Waals surface area contributed by atoms with E-state index in [0.29, 0.717) is 22.7 Å². The zero-order chi connectivity index (χ0) is 22.9. The van der Waals surface area contributed by atoms with Crippen LogP contribution in [0.3, 0.4) is 0 Å². The van der Waals surface area contributed by atoms with Gasteiger partial charge in [0.15, 0.2) is 6.61 Å². The van der Waals surface area contributed by atoms with Gasteiger partial charge in [-0.05, 0) is 94.9 Å². The van der Waals surface area contributed by atoms with Crippen LogP contribution in [0.1, 0.15) is 5.56 Å². The van der Waals surface area contributed by atoms with E-state index in [-0.39, 0.29) is 18.1 Å². The number of halogens is 2. The number of ether oxygens (including phenoxy) is 1. The maximum Gasteiger partial charge on any atom is 0.266 e. The van der Waals surface area contributed by atoms with E-state index >= 15 is 0 Å². The molecular formula is C24H17BrIN3O3. The average Bonchev–Trinajstić information content (AvgIpc) is 2.80. The summed E-state index contributed by atoms with van der Waals surface area (Å²) in [7, 11) is 0. The number of anilines is 2. The first-order valence-corrected chi connectivity index (χ1v) is 11.3. The van der Waals surface area contributed by atoms with E-state index in [1.807, 2.05) is 30.3 Å². The summed E-state index contributed by atoms with van der Waals surface area (Å²) in [6.45, 7) is -0.146. The summed E-state index contributed by atoms with van der Waals surface area (Å²) in [5, 5.41) is 14.8. The third-order valence-electron chi connectivity index (χ3n) is 4.16. The number of rotatable bonds is 7. The Bertz CT molecular complexity index is 1170.